The van der Waals surface area contributed by atoms with Crippen LogP contribution in [0.5, 0.6) is 0 Å². The highest BCUT2D eigenvalue weighted by molar-refractivity contribution is 5.77. The number of benzene rings is 1. The first-order valence-electron chi connectivity index (χ1n) is 7.75. The summed E-state index contributed by atoms with van der Waals surface area (Å²) in [7, 11) is 1.89. The van der Waals surface area contributed by atoms with E-state index in [0.717, 1.165) is 5.56 Å². The van der Waals surface area contributed by atoms with Gasteiger partial charge in [-0.15, -0.1) is 10.2 Å². The molecule has 7 heteroatoms. The molecule has 0 fully saturated rings. The molecule has 24 heavy (non-hydrogen) atoms. The molecule has 0 saturated carbocycles. The number of aryl methyl sites for hydroxylation is 1. The molecule has 0 spiro atoms. The highest BCUT2D eigenvalue weighted by Crippen LogP contribution is 2.33. The molecular formula is C17H20N4O3. The maximum Gasteiger partial charge on any atom is 0.253 e. The fraction of sp³-hybridized carbons (Fsp3) is 0.353. The van der Waals surface area contributed by atoms with E-state index in [4.69, 9.17) is 8.94 Å². The van der Waals surface area contributed by atoms with Gasteiger partial charge in [0.15, 0.2) is 0 Å². The Morgan fingerprint density at radius 1 is 1.21 bits per heavy atom. The van der Waals surface area contributed by atoms with Crippen LogP contribution in [-0.2, 0) is 6.54 Å². The fourth-order valence-corrected chi connectivity index (χ4v) is 2.34. The van der Waals surface area contributed by atoms with E-state index < -0.39 is 0 Å². The number of aromatic nitrogens is 3. The molecule has 0 aliphatic carbocycles. The van der Waals surface area contributed by atoms with Crippen LogP contribution < -0.4 is 0 Å². The number of likely N-dealkylation sites (N-methyl/N-ethyl adjacent to an activating group) is 1. The topological polar surface area (TPSA) is 88.4 Å². The summed E-state index contributed by atoms with van der Waals surface area (Å²) in [4.78, 5) is 1.94. The smallest absolute Gasteiger partial charge is 0.253 e. The molecule has 2 heterocycles. The fourth-order valence-electron chi connectivity index (χ4n) is 2.34. The molecule has 0 amide bonds. The van der Waals surface area contributed by atoms with E-state index in [1.54, 1.807) is 0 Å². The summed E-state index contributed by atoms with van der Waals surface area (Å²) in [5.74, 6) is 1.49. The first kappa shape index (κ1) is 16.4. The summed E-state index contributed by atoms with van der Waals surface area (Å²) in [6, 6.07) is 9.74. The Morgan fingerprint density at radius 2 is 1.96 bits per heavy atom. The third-order valence-corrected chi connectivity index (χ3v) is 3.99. The second-order valence-electron chi connectivity index (χ2n) is 5.78. The zero-order valence-electron chi connectivity index (χ0n) is 13.9. The highest BCUT2D eigenvalue weighted by atomic mass is 16.5. The van der Waals surface area contributed by atoms with Crippen molar-refractivity contribution in [2.24, 2.45) is 0 Å². The Morgan fingerprint density at radius 3 is 2.67 bits per heavy atom. The van der Waals surface area contributed by atoms with Crippen LogP contribution in [0.15, 0.2) is 39.3 Å². The third-order valence-electron chi connectivity index (χ3n) is 3.99. The van der Waals surface area contributed by atoms with Gasteiger partial charge in [0.1, 0.15) is 17.0 Å². The predicted molar refractivity (Wildman–Crippen MR) is 88.0 cm³/mol. The van der Waals surface area contributed by atoms with Crippen molar-refractivity contribution in [2.45, 2.75) is 26.4 Å². The number of hydrogen-bond acceptors (Lipinski definition) is 7. The normalized spacial score (nSPS) is 12.7. The quantitative estimate of drug-likeness (QED) is 0.743. The molecule has 0 radical (unpaired) electrons. The summed E-state index contributed by atoms with van der Waals surface area (Å²) < 4.78 is 11.1. The summed E-state index contributed by atoms with van der Waals surface area (Å²) in [5.41, 5.74) is 2.31. The van der Waals surface area contributed by atoms with Crippen molar-refractivity contribution in [3.8, 4) is 22.7 Å². The average molecular weight is 328 g/mol. The Bertz CT molecular complexity index is 797. The van der Waals surface area contributed by atoms with Gasteiger partial charge in [0, 0.05) is 11.6 Å². The number of nitrogens with zero attached hydrogens (tertiary/aromatic N) is 4. The molecule has 1 aromatic carbocycles. The van der Waals surface area contributed by atoms with E-state index in [2.05, 4.69) is 15.4 Å². The van der Waals surface area contributed by atoms with Crippen molar-refractivity contribution in [1.82, 2.24) is 20.3 Å². The van der Waals surface area contributed by atoms with E-state index in [-0.39, 0.29) is 12.6 Å². The van der Waals surface area contributed by atoms with Gasteiger partial charge in [-0.2, -0.15) is 0 Å². The second kappa shape index (κ2) is 6.94. The lowest BCUT2D eigenvalue weighted by Gasteiger charge is -2.20. The van der Waals surface area contributed by atoms with Crippen LogP contribution in [0.4, 0.5) is 0 Å². The summed E-state index contributed by atoms with van der Waals surface area (Å²) in [6.45, 7) is 4.27. The minimum absolute atomic E-state index is 0.0116. The van der Waals surface area contributed by atoms with Crippen molar-refractivity contribution in [2.75, 3.05) is 13.7 Å². The second-order valence-corrected chi connectivity index (χ2v) is 5.78. The average Bonchev–Trinajstić information content (AvgIpc) is 3.21. The molecule has 1 atom stereocenters. The monoisotopic (exact) mass is 328 g/mol. The molecule has 0 aliphatic heterocycles. The molecule has 126 valence electrons. The van der Waals surface area contributed by atoms with Gasteiger partial charge in [0.25, 0.3) is 5.89 Å². The van der Waals surface area contributed by atoms with Crippen LogP contribution in [0.3, 0.4) is 0 Å². The van der Waals surface area contributed by atoms with Gasteiger partial charge < -0.3 is 14.0 Å². The van der Waals surface area contributed by atoms with Gasteiger partial charge in [-0.25, -0.2) is 0 Å². The van der Waals surface area contributed by atoms with Crippen molar-refractivity contribution in [3.05, 3.63) is 42.0 Å². The lowest BCUT2D eigenvalue weighted by atomic mass is 10.1. The van der Waals surface area contributed by atoms with E-state index in [1.807, 2.05) is 56.1 Å². The van der Waals surface area contributed by atoms with E-state index >= 15 is 0 Å². The largest absolute Gasteiger partial charge is 0.419 e. The van der Waals surface area contributed by atoms with Gasteiger partial charge in [-0.3, -0.25) is 4.90 Å². The summed E-state index contributed by atoms with van der Waals surface area (Å²) in [6.07, 6.45) is 0. The molecule has 3 rings (SSSR count). The molecule has 2 aromatic heterocycles. The van der Waals surface area contributed by atoms with Gasteiger partial charge in [-0.1, -0.05) is 35.5 Å². The van der Waals surface area contributed by atoms with Gasteiger partial charge in [0.2, 0.25) is 5.89 Å². The molecule has 0 bridgehead atoms. The molecule has 3 aromatic rings. The van der Waals surface area contributed by atoms with E-state index in [1.165, 1.54) is 0 Å². The van der Waals surface area contributed by atoms with Crippen molar-refractivity contribution in [1.29, 1.82) is 0 Å². The zero-order valence-corrected chi connectivity index (χ0v) is 13.9. The maximum absolute atomic E-state index is 9.21. The van der Waals surface area contributed by atoms with Gasteiger partial charge in [-0.05, 0) is 20.9 Å². The van der Waals surface area contributed by atoms with Gasteiger partial charge in [0.05, 0.1) is 13.2 Å². The van der Waals surface area contributed by atoms with Crippen LogP contribution in [0.1, 0.15) is 18.6 Å². The Labute approximate surface area is 139 Å². The molecule has 0 aliphatic rings. The SMILES string of the molecule is Cc1onc(-c2ccccc2)c1-c1nnc(CN(C)C(C)CO)o1. The van der Waals surface area contributed by atoms with Crippen LogP contribution in [-0.4, -0.2) is 45.1 Å². The van der Waals surface area contributed by atoms with Crippen molar-refractivity contribution < 1.29 is 14.0 Å². The first-order chi connectivity index (χ1) is 11.6. The summed E-state index contributed by atoms with van der Waals surface area (Å²) >= 11 is 0. The van der Waals surface area contributed by atoms with E-state index in [0.29, 0.717) is 35.3 Å². The van der Waals surface area contributed by atoms with Crippen molar-refractivity contribution in [3.63, 3.8) is 0 Å². The number of aliphatic hydroxyl groups excluding tert-OH is 1. The third kappa shape index (κ3) is 3.22. The Balaban J connectivity index is 1.90. The molecule has 1 N–H and O–H groups in total. The number of rotatable bonds is 6. The lowest BCUT2D eigenvalue weighted by Crippen LogP contribution is -2.31. The molecule has 7 nitrogen and oxygen atoms in total. The minimum atomic E-state index is 0.0116. The first-order valence-corrected chi connectivity index (χ1v) is 7.75. The van der Waals surface area contributed by atoms with E-state index in [9.17, 15) is 5.11 Å². The standard InChI is InChI=1S/C17H20N4O3/c1-11(10-22)21(3)9-14-18-19-17(23-14)15-12(2)24-20-16(15)13-7-5-4-6-8-13/h4-8,11,22H,9-10H2,1-3H3. The van der Waals surface area contributed by atoms with Crippen LogP contribution in [0, 0.1) is 6.92 Å². The van der Waals surface area contributed by atoms with Crippen molar-refractivity contribution >= 4 is 0 Å². The Hall–Kier alpha value is -2.51. The van der Waals surface area contributed by atoms with Gasteiger partial charge >= 0.3 is 0 Å². The Kier molecular flexibility index (Phi) is 4.73. The molecule has 0 saturated heterocycles. The zero-order chi connectivity index (χ0) is 17.1. The maximum atomic E-state index is 9.21. The number of aliphatic hydroxyl groups is 1. The van der Waals surface area contributed by atoms with Crippen LogP contribution in [0.25, 0.3) is 22.7 Å². The van der Waals surface area contributed by atoms with Crippen LogP contribution in [0.2, 0.25) is 0 Å². The van der Waals surface area contributed by atoms with Crippen LogP contribution >= 0.6 is 0 Å². The highest BCUT2D eigenvalue weighted by Gasteiger charge is 2.22. The molecular weight excluding hydrogens is 308 g/mol. The lowest BCUT2D eigenvalue weighted by molar-refractivity contribution is 0.145. The molecule has 1 unspecified atom stereocenters. The number of hydrogen-bond donors (Lipinski definition) is 1. The predicted octanol–water partition coefficient (Wildman–Crippen LogP) is 2.51. The minimum Gasteiger partial charge on any atom is -0.419 e. The summed E-state index contributed by atoms with van der Waals surface area (Å²) in [5, 5.41) is 21.6.